The molecule has 0 bridgehead atoms. The third-order valence-electron chi connectivity index (χ3n) is 5.81. The number of rotatable bonds is 3. The van der Waals surface area contributed by atoms with Crippen molar-refractivity contribution in [1.82, 2.24) is 29.5 Å². The van der Waals surface area contributed by atoms with Crippen LogP contribution in [0.5, 0.6) is 0 Å². The lowest BCUT2D eigenvalue weighted by Gasteiger charge is -2.29. The summed E-state index contributed by atoms with van der Waals surface area (Å²) in [6.07, 6.45) is 11.9. The average molecular weight is 334 g/mol. The SMILES string of the molecule is CCc1nnc2n1CC(C1CCCC1)c1cnn(-c3ccncc3)c1-2. The lowest BCUT2D eigenvalue weighted by Crippen LogP contribution is -2.24. The molecule has 0 N–H and O–H groups in total. The number of pyridine rings is 1. The highest BCUT2D eigenvalue weighted by molar-refractivity contribution is 5.62. The first-order chi connectivity index (χ1) is 12.4. The Morgan fingerprint density at radius 1 is 1.12 bits per heavy atom. The van der Waals surface area contributed by atoms with Crippen LogP contribution >= 0.6 is 0 Å². The van der Waals surface area contributed by atoms with Gasteiger partial charge in [0.05, 0.1) is 11.9 Å². The first-order valence-corrected chi connectivity index (χ1v) is 9.27. The molecule has 1 fully saturated rings. The van der Waals surface area contributed by atoms with E-state index in [1.807, 2.05) is 29.2 Å². The van der Waals surface area contributed by atoms with Crippen molar-refractivity contribution in [2.24, 2.45) is 5.92 Å². The Hall–Kier alpha value is -2.50. The maximum absolute atomic E-state index is 4.73. The Morgan fingerprint density at radius 2 is 1.92 bits per heavy atom. The quantitative estimate of drug-likeness (QED) is 0.737. The molecule has 0 amide bonds. The van der Waals surface area contributed by atoms with Gasteiger partial charge in [0.1, 0.15) is 11.5 Å². The number of fused-ring (bicyclic) bond motifs is 3. The normalized spacial score (nSPS) is 19.8. The molecule has 4 heterocycles. The van der Waals surface area contributed by atoms with Gasteiger partial charge in [0.15, 0.2) is 5.82 Å². The lowest BCUT2D eigenvalue weighted by atomic mass is 9.83. The largest absolute Gasteiger partial charge is 0.309 e. The van der Waals surface area contributed by atoms with Crippen molar-refractivity contribution >= 4 is 0 Å². The summed E-state index contributed by atoms with van der Waals surface area (Å²) >= 11 is 0. The third kappa shape index (κ3) is 2.23. The van der Waals surface area contributed by atoms with E-state index in [0.29, 0.717) is 5.92 Å². The molecule has 5 rings (SSSR count). The average Bonchev–Trinajstić information content (AvgIpc) is 3.39. The second-order valence-electron chi connectivity index (χ2n) is 7.12. The minimum atomic E-state index is 0.516. The first kappa shape index (κ1) is 14.8. The fourth-order valence-electron chi connectivity index (χ4n) is 4.56. The molecule has 0 radical (unpaired) electrons. The summed E-state index contributed by atoms with van der Waals surface area (Å²) in [5.74, 6) is 3.29. The van der Waals surface area contributed by atoms with E-state index in [-0.39, 0.29) is 0 Å². The van der Waals surface area contributed by atoms with Crippen molar-refractivity contribution in [3.05, 3.63) is 42.1 Å². The zero-order valence-electron chi connectivity index (χ0n) is 14.5. The minimum Gasteiger partial charge on any atom is -0.309 e. The maximum atomic E-state index is 4.73. The predicted molar refractivity (Wildman–Crippen MR) is 94.5 cm³/mol. The zero-order chi connectivity index (χ0) is 16.8. The molecule has 1 atom stereocenters. The number of hydrogen-bond acceptors (Lipinski definition) is 4. The summed E-state index contributed by atoms with van der Waals surface area (Å²) in [6, 6.07) is 3.99. The molecule has 3 aromatic heterocycles. The highest BCUT2D eigenvalue weighted by Crippen LogP contribution is 2.45. The standard InChI is InChI=1S/C19H22N6/c1-2-17-22-23-19-18-15(11-21-25(18)14-7-9-20-10-8-14)16(12-24(17)19)13-5-3-4-6-13/h7-11,13,16H,2-6,12H2,1H3. The van der Waals surface area contributed by atoms with Gasteiger partial charge in [-0.1, -0.05) is 19.8 Å². The highest BCUT2D eigenvalue weighted by atomic mass is 15.3. The Bertz CT molecular complexity index is 888. The van der Waals surface area contributed by atoms with E-state index < -0.39 is 0 Å². The summed E-state index contributed by atoms with van der Waals surface area (Å²) in [4.78, 5) is 4.13. The molecule has 0 spiro atoms. The van der Waals surface area contributed by atoms with Gasteiger partial charge in [-0.15, -0.1) is 10.2 Å². The Balaban J connectivity index is 1.70. The Kier molecular flexibility index (Phi) is 3.43. The fraction of sp³-hybridized carbons (Fsp3) is 0.474. The summed E-state index contributed by atoms with van der Waals surface area (Å²) in [6.45, 7) is 3.14. The van der Waals surface area contributed by atoms with Crippen LogP contribution in [0.3, 0.4) is 0 Å². The van der Waals surface area contributed by atoms with Gasteiger partial charge in [0, 0.05) is 36.8 Å². The van der Waals surface area contributed by atoms with Crippen LogP contribution < -0.4 is 0 Å². The van der Waals surface area contributed by atoms with Crippen molar-refractivity contribution in [2.45, 2.75) is 51.5 Å². The minimum absolute atomic E-state index is 0.516. The molecular formula is C19H22N6. The van der Waals surface area contributed by atoms with Crippen LogP contribution in [0.4, 0.5) is 0 Å². The van der Waals surface area contributed by atoms with E-state index in [9.17, 15) is 0 Å². The second-order valence-corrected chi connectivity index (χ2v) is 7.12. The van der Waals surface area contributed by atoms with Gasteiger partial charge >= 0.3 is 0 Å². The first-order valence-electron chi connectivity index (χ1n) is 9.27. The van der Waals surface area contributed by atoms with E-state index >= 15 is 0 Å². The van der Waals surface area contributed by atoms with Gasteiger partial charge in [0.25, 0.3) is 0 Å². The third-order valence-corrected chi connectivity index (χ3v) is 5.81. The van der Waals surface area contributed by atoms with Crippen LogP contribution in [0.2, 0.25) is 0 Å². The van der Waals surface area contributed by atoms with E-state index in [1.165, 1.54) is 31.2 Å². The number of aromatic nitrogens is 6. The lowest BCUT2D eigenvalue weighted by molar-refractivity contribution is 0.378. The molecule has 6 nitrogen and oxygen atoms in total. The molecule has 1 unspecified atom stereocenters. The molecule has 1 aliphatic carbocycles. The highest BCUT2D eigenvalue weighted by Gasteiger charge is 2.37. The number of aryl methyl sites for hydroxylation is 1. The van der Waals surface area contributed by atoms with Crippen molar-refractivity contribution in [1.29, 1.82) is 0 Å². The van der Waals surface area contributed by atoms with Crippen molar-refractivity contribution in [3.63, 3.8) is 0 Å². The molecule has 3 aromatic rings. The Labute approximate surface area is 146 Å². The van der Waals surface area contributed by atoms with Gasteiger partial charge < -0.3 is 4.57 Å². The van der Waals surface area contributed by atoms with Crippen molar-refractivity contribution < 1.29 is 0 Å². The van der Waals surface area contributed by atoms with E-state index in [4.69, 9.17) is 5.10 Å². The molecule has 25 heavy (non-hydrogen) atoms. The molecule has 6 heteroatoms. The molecule has 2 aliphatic rings. The maximum Gasteiger partial charge on any atom is 0.183 e. The predicted octanol–water partition coefficient (Wildman–Crippen LogP) is 3.38. The van der Waals surface area contributed by atoms with Crippen LogP contribution in [-0.2, 0) is 13.0 Å². The van der Waals surface area contributed by atoms with Gasteiger partial charge in [-0.3, -0.25) is 4.98 Å². The molecule has 128 valence electrons. The van der Waals surface area contributed by atoms with Crippen molar-refractivity contribution in [2.75, 3.05) is 0 Å². The summed E-state index contributed by atoms with van der Waals surface area (Å²) in [7, 11) is 0. The van der Waals surface area contributed by atoms with Gasteiger partial charge in [-0.2, -0.15) is 5.10 Å². The van der Waals surface area contributed by atoms with E-state index in [0.717, 1.165) is 41.9 Å². The van der Waals surface area contributed by atoms with Crippen molar-refractivity contribution in [3.8, 4) is 17.2 Å². The van der Waals surface area contributed by atoms with Crippen LogP contribution in [0.25, 0.3) is 17.2 Å². The second kappa shape index (κ2) is 5.79. The molecular weight excluding hydrogens is 312 g/mol. The smallest absolute Gasteiger partial charge is 0.183 e. The Morgan fingerprint density at radius 3 is 2.68 bits per heavy atom. The summed E-state index contributed by atoms with van der Waals surface area (Å²) in [5.41, 5.74) is 3.48. The van der Waals surface area contributed by atoms with Gasteiger partial charge in [0.2, 0.25) is 0 Å². The molecule has 1 aliphatic heterocycles. The molecule has 1 saturated carbocycles. The van der Waals surface area contributed by atoms with Gasteiger partial charge in [-0.25, -0.2) is 4.68 Å². The fourth-order valence-corrected chi connectivity index (χ4v) is 4.56. The van der Waals surface area contributed by atoms with Crippen LogP contribution in [0.1, 0.15) is 49.9 Å². The van der Waals surface area contributed by atoms with Crippen LogP contribution in [-0.4, -0.2) is 29.5 Å². The number of hydrogen-bond donors (Lipinski definition) is 0. The zero-order valence-corrected chi connectivity index (χ0v) is 14.5. The van der Waals surface area contributed by atoms with Crippen LogP contribution in [0, 0.1) is 5.92 Å². The monoisotopic (exact) mass is 334 g/mol. The summed E-state index contributed by atoms with van der Waals surface area (Å²) in [5, 5.41) is 13.7. The number of nitrogens with zero attached hydrogens (tertiary/aromatic N) is 6. The van der Waals surface area contributed by atoms with E-state index in [2.05, 4.69) is 32.9 Å². The van der Waals surface area contributed by atoms with Gasteiger partial charge in [-0.05, 0) is 30.9 Å². The van der Waals surface area contributed by atoms with Crippen LogP contribution in [0.15, 0.2) is 30.7 Å². The topological polar surface area (TPSA) is 61.4 Å². The molecule has 0 aromatic carbocycles. The van der Waals surface area contributed by atoms with E-state index in [1.54, 1.807) is 0 Å². The summed E-state index contributed by atoms with van der Waals surface area (Å²) < 4.78 is 4.34. The molecule has 0 saturated heterocycles.